The van der Waals surface area contributed by atoms with Crippen LogP contribution in [-0.4, -0.2) is 67.7 Å². The first kappa shape index (κ1) is 17.8. The lowest BCUT2D eigenvalue weighted by molar-refractivity contribution is 0.0364. The Morgan fingerprint density at radius 3 is 2.42 bits per heavy atom. The van der Waals surface area contributed by atoms with Gasteiger partial charge in [0.05, 0.1) is 23.7 Å². The van der Waals surface area contributed by atoms with Crippen LogP contribution in [0.5, 0.6) is 0 Å². The predicted molar refractivity (Wildman–Crippen MR) is 91.1 cm³/mol. The molecular weight excluding hydrogens is 328 g/mol. The maximum absolute atomic E-state index is 12.6. The zero-order valence-corrected chi connectivity index (χ0v) is 15.1. The van der Waals surface area contributed by atoms with Crippen molar-refractivity contribution in [2.75, 3.05) is 39.4 Å². The first-order chi connectivity index (χ1) is 11.3. The van der Waals surface area contributed by atoms with Crippen molar-refractivity contribution in [3.63, 3.8) is 0 Å². The summed E-state index contributed by atoms with van der Waals surface area (Å²) in [5, 5.41) is 10.3. The Labute approximate surface area is 144 Å². The van der Waals surface area contributed by atoms with E-state index in [0.29, 0.717) is 37.7 Å². The highest BCUT2D eigenvalue weighted by Gasteiger charge is 2.38. The third kappa shape index (κ3) is 3.65. The molecule has 2 aliphatic heterocycles. The minimum absolute atomic E-state index is 0.235. The van der Waals surface area contributed by atoms with Crippen LogP contribution in [-0.2, 0) is 21.3 Å². The third-order valence-electron chi connectivity index (χ3n) is 5.07. The maximum atomic E-state index is 12.6. The fourth-order valence-corrected chi connectivity index (χ4v) is 4.75. The molecule has 2 aliphatic rings. The van der Waals surface area contributed by atoms with Crippen LogP contribution in [0.25, 0.3) is 0 Å². The Hall–Kier alpha value is -0.990. The van der Waals surface area contributed by atoms with Gasteiger partial charge in [-0.05, 0) is 30.5 Å². The van der Waals surface area contributed by atoms with E-state index in [-0.39, 0.29) is 5.92 Å². The fourth-order valence-electron chi connectivity index (χ4n) is 3.34. The molecule has 2 atom stereocenters. The number of likely N-dealkylation sites (tertiary alicyclic amines) is 1. The van der Waals surface area contributed by atoms with Gasteiger partial charge in [-0.2, -0.15) is 4.31 Å². The molecule has 1 aromatic rings. The number of β-amino-alcohol motifs (C(OH)–C–C–N with tert-alkyl or cyclic N) is 1. The van der Waals surface area contributed by atoms with Crippen LogP contribution in [0, 0.1) is 5.92 Å². The van der Waals surface area contributed by atoms with Crippen LogP contribution in [0.2, 0.25) is 0 Å². The average Bonchev–Trinajstić information content (AvgIpc) is 2.81. The Kier molecular flexibility index (Phi) is 4.99. The molecule has 0 aromatic heterocycles. The molecule has 0 saturated carbocycles. The molecule has 6 nitrogen and oxygen atoms in total. The third-order valence-corrected chi connectivity index (χ3v) is 6.99. The molecule has 7 heteroatoms. The van der Waals surface area contributed by atoms with E-state index in [1.54, 1.807) is 12.1 Å². The van der Waals surface area contributed by atoms with Crippen molar-refractivity contribution in [2.45, 2.75) is 30.9 Å². The lowest BCUT2D eigenvalue weighted by Crippen LogP contribution is -2.40. The molecule has 1 N–H and O–H groups in total. The second kappa shape index (κ2) is 6.72. The van der Waals surface area contributed by atoms with Crippen LogP contribution in [0.4, 0.5) is 0 Å². The number of nitrogens with zero attached hydrogens (tertiary/aromatic N) is 2. The van der Waals surface area contributed by atoms with Crippen molar-refractivity contribution >= 4 is 10.0 Å². The van der Waals surface area contributed by atoms with E-state index in [1.165, 1.54) is 4.31 Å². The molecule has 2 heterocycles. The molecule has 3 rings (SSSR count). The monoisotopic (exact) mass is 354 g/mol. The highest BCUT2D eigenvalue weighted by atomic mass is 32.2. The minimum atomic E-state index is -3.43. The van der Waals surface area contributed by atoms with Gasteiger partial charge in [-0.3, -0.25) is 4.90 Å². The van der Waals surface area contributed by atoms with Gasteiger partial charge in [0, 0.05) is 32.7 Å². The zero-order chi connectivity index (χ0) is 17.4. The summed E-state index contributed by atoms with van der Waals surface area (Å²) in [6, 6.07) is 7.09. The van der Waals surface area contributed by atoms with Crippen LogP contribution in [0.15, 0.2) is 29.2 Å². The number of hydrogen-bond acceptors (Lipinski definition) is 5. The topological polar surface area (TPSA) is 70.1 Å². The van der Waals surface area contributed by atoms with Crippen molar-refractivity contribution < 1.29 is 18.3 Å². The van der Waals surface area contributed by atoms with Gasteiger partial charge in [0.15, 0.2) is 0 Å². The number of hydrogen-bond donors (Lipinski definition) is 1. The van der Waals surface area contributed by atoms with Crippen molar-refractivity contribution in [1.29, 1.82) is 0 Å². The van der Waals surface area contributed by atoms with Crippen LogP contribution in [0.3, 0.4) is 0 Å². The summed E-state index contributed by atoms with van der Waals surface area (Å²) in [5.41, 5.74) is 0.403. The Morgan fingerprint density at radius 2 is 1.88 bits per heavy atom. The van der Waals surface area contributed by atoms with Gasteiger partial charge < -0.3 is 9.84 Å². The Balaban J connectivity index is 1.67. The largest absolute Gasteiger partial charge is 0.389 e. The second-order valence-corrected chi connectivity index (χ2v) is 9.03. The number of rotatable bonds is 4. The molecule has 0 aliphatic carbocycles. The fraction of sp³-hybridized carbons (Fsp3) is 0.647. The number of sulfonamides is 1. The highest BCUT2D eigenvalue weighted by Crippen LogP contribution is 2.28. The van der Waals surface area contributed by atoms with Gasteiger partial charge in [-0.15, -0.1) is 0 Å². The van der Waals surface area contributed by atoms with E-state index in [1.807, 2.05) is 19.1 Å². The SMILES string of the molecule is C[C@H]1CN(Cc2ccc(S(=O)(=O)N3CCOCC3)cc2)C[C@@]1(C)O. The van der Waals surface area contributed by atoms with Gasteiger partial charge in [0.25, 0.3) is 0 Å². The van der Waals surface area contributed by atoms with Gasteiger partial charge in [-0.1, -0.05) is 19.1 Å². The molecule has 0 radical (unpaired) electrons. The van der Waals surface area contributed by atoms with E-state index in [9.17, 15) is 13.5 Å². The van der Waals surface area contributed by atoms with Crippen molar-refractivity contribution in [3.05, 3.63) is 29.8 Å². The first-order valence-electron chi connectivity index (χ1n) is 8.40. The summed E-state index contributed by atoms with van der Waals surface area (Å²) in [5.74, 6) is 0.235. The summed E-state index contributed by atoms with van der Waals surface area (Å²) < 4.78 is 31.9. The second-order valence-electron chi connectivity index (χ2n) is 7.09. The van der Waals surface area contributed by atoms with Gasteiger partial charge >= 0.3 is 0 Å². The molecule has 24 heavy (non-hydrogen) atoms. The smallest absolute Gasteiger partial charge is 0.243 e. The van der Waals surface area contributed by atoms with Crippen LogP contribution < -0.4 is 0 Å². The van der Waals surface area contributed by atoms with Crippen molar-refractivity contribution in [1.82, 2.24) is 9.21 Å². The minimum Gasteiger partial charge on any atom is -0.389 e. The quantitative estimate of drug-likeness (QED) is 0.870. The van der Waals surface area contributed by atoms with E-state index >= 15 is 0 Å². The summed E-state index contributed by atoms with van der Waals surface area (Å²) in [7, 11) is -3.43. The molecule has 0 unspecified atom stereocenters. The molecule has 0 bridgehead atoms. The average molecular weight is 354 g/mol. The maximum Gasteiger partial charge on any atom is 0.243 e. The molecule has 2 saturated heterocycles. The van der Waals surface area contributed by atoms with Crippen LogP contribution in [0.1, 0.15) is 19.4 Å². The Morgan fingerprint density at radius 1 is 1.25 bits per heavy atom. The normalized spacial score (nSPS) is 29.9. The highest BCUT2D eigenvalue weighted by molar-refractivity contribution is 7.89. The summed E-state index contributed by atoms with van der Waals surface area (Å²) in [6.45, 7) is 7.85. The van der Waals surface area contributed by atoms with Crippen LogP contribution >= 0.6 is 0 Å². The molecular formula is C17H26N2O4S. The molecule has 0 spiro atoms. The first-order valence-corrected chi connectivity index (χ1v) is 9.84. The van der Waals surface area contributed by atoms with E-state index < -0.39 is 15.6 Å². The van der Waals surface area contributed by atoms with Gasteiger partial charge in [0.1, 0.15) is 0 Å². The zero-order valence-electron chi connectivity index (χ0n) is 14.3. The number of benzene rings is 1. The lowest BCUT2D eigenvalue weighted by atomic mass is 9.95. The van der Waals surface area contributed by atoms with E-state index in [2.05, 4.69) is 11.8 Å². The van der Waals surface area contributed by atoms with Gasteiger partial charge in [-0.25, -0.2) is 8.42 Å². The number of morpholine rings is 1. The molecule has 2 fully saturated rings. The number of ether oxygens (including phenoxy) is 1. The van der Waals surface area contributed by atoms with Crippen molar-refractivity contribution in [2.24, 2.45) is 5.92 Å². The van der Waals surface area contributed by atoms with E-state index in [0.717, 1.165) is 18.7 Å². The molecule has 0 amide bonds. The van der Waals surface area contributed by atoms with E-state index in [4.69, 9.17) is 4.74 Å². The molecule has 134 valence electrons. The number of aliphatic hydroxyl groups is 1. The Bertz CT molecular complexity index is 666. The molecule has 1 aromatic carbocycles. The summed E-state index contributed by atoms with van der Waals surface area (Å²) in [6.07, 6.45) is 0. The standard InChI is InChI=1S/C17H26N2O4S/c1-14-11-18(13-17(14,2)20)12-15-3-5-16(6-4-15)24(21,22)19-7-9-23-10-8-19/h3-6,14,20H,7-13H2,1-2H3/t14-,17+/m0/s1. The van der Waals surface area contributed by atoms with Crippen molar-refractivity contribution in [3.8, 4) is 0 Å². The summed E-state index contributed by atoms with van der Waals surface area (Å²) >= 11 is 0. The van der Waals surface area contributed by atoms with Gasteiger partial charge in [0.2, 0.25) is 10.0 Å². The predicted octanol–water partition coefficient (Wildman–Crippen LogP) is 0.910. The summed E-state index contributed by atoms with van der Waals surface area (Å²) in [4.78, 5) is 2.53. The lowest BCUT2D eigenvalue weighted by Gasteiger charge is -2.26.